The zero-order valence-corrected chi connectivity index (χ0v) is 6.29. The van der Waals surface area contributed by atoms with Gasteiger partial charge in [0.15, 0.2) is 0 Å². The number of para-hydroxylation sites is 1. The van der Waals surface area contributed by atoms with Gasteiger partial charge in [0.2, 0.25) is 0 Å². The Bertz CT molecular complexity index is 233. The molecular weight excluding hydrogens is 136 g/mol. The molecule has 1 aromatic rings. The van der Waals surface area contributed by atoms with E-state index in [1.807, 2.05) is 30.3 Å². The summed E-state index contributed by atoms with van der Waals surface area (Å²) in [6.45, 7) is 0.598. The summed E-state index contributed by atoms with van der Waals surface area (Å²) >= 11 is 0. The lowest BCUT2D eigenvalue weighted by Gasteiger charge is -2.01. The number of terminal acetylenes is 1. The van der Waals surface area contributed by atoms with Crippen LogP contribution in [0.2, 0.25) is 0 Å². The van der Waals surface area contributed by atoms with E-state index in [4.69, 9.17) is 11.2 Å². The molecule has 0 N–H and O–H groups in total. The molecule has 0 bridgehead atoms. The highest BCUT2D eigenvalue weighted by molar-refractivity contribution is 5.20. The average Bonchev–Trinajstić information content (AvgIpc) is 2.07. The maximum absolute atomic E-state index is 5.30. The van der Waals surface area contributed by atoms with Gasteiger partial charge in [-0.1, -0.05) is 18.2 Å². The van der Waals surface area contributed by atoms with Crippen LogP contribution in [0.25, 0.3) is 0 Å². The Labute approximate surface area is 67.0 Å². The molecule has 0 heterocycles. The van der Waals surface area contributed by atoms with E-state index in [9.17, 15) is 0 Å². The molecule has 0 aromatic heterocycles. The van der Waals surface area contributed by atoms with E-state index in [1.54, 1.807) is 0 Å². The second-order valence-corrected chi connectivity index (χ2v) is 2.12. The van der Waals surface area contributed by atoms with Gasteiger partial charge in [-0.2, -0.15) is 0 Å². The van der Waals surface area contributed by atoms with Crippen LogP contribution in [0.5, 0.6) is 5.75 Å². The fraction of sp³-hybridized carbons (Fsp3) is 0.200. The second-order valence-electron chi connectivity index (χ2n) is 2.12. The first-order valence-electron chi connectivity index (χ1n) is 3.55. The van der Waals surface area contributed by atoms with Crippen molar-refractivity contribution in [3.8, 4) is 18.1 Å². The van der Waals surface area contributed by atoms with Crippen LogP contribution < -0.4 is 4.74 Å². The molecule has 0 aliphatic rings. The molecule has 0 saturated heterocycles. The van der Waals surface area contributed by atoms with Crippen LogP contribution in [0.3, 0.4) is 0 Å². The molecule has 0 radical (unpaired) electrons. The van der Waals surface area contributed by atoms with E-state index in [0.717, 1.165) is 5.75 Å². The molecule has 0 spiro atoms. The first kappa shape index (κ1) is 7.68. The highest BCUT2D eigenvalue weighted by Crippen LogP contribution is 2.07. The van der Waals surface area contributed by atoms with Crippen molar-refractivity contribution in [1.29, 1.82) is 0 Å². The van der Waals surface area contributed by atoms with Gasteiger partial charge in [0.1, 0.15) is 5.75 Å². The minimum Gasteiger partial charge on any atom is -0.493 e. The molecule has 1 heteroatoms. The number of hydrogen-bond donors (Lipinski definition) is 0. The largest absolute Gasteiger partial charge is 0.493 e. The Kier molecular flexibility index (Phi) is 3.08. The lowest BCUT2D eigenvalue weighted by atomic mass is 10.3. The summed E-state index contributed by atoms with van der Waals surface area (Å²) in [7, 11) is 0. The van der Waals surface area contributed by atoms with E-state index < -0.39 is 0 Å². The van der Waals surface area contributed by atoms with Crippen molar-refractivity contribution in [2.75, 3.05) is 6.61 Å². The maximum atomic E-state index is 5.30. The molecular formula is C10H10O. The van der Waals surface area contributed by atoms with Crippen molar-refractivity contribution < 1.29 is 4.74 Å². The molecule has 1 aromatic carbocycles. The molecule has 56 valence electrons. The van der Waals surface area contributed by atoms with Crippen molar-refractivity contribution in [2.45, 2.75) is 6.42 Å². The van der Waals surface area contributed by atoms with E-state index >= 15 is 0 Å². The van der Waals surface area contributed by atoms with Crippen molar-refractivity contribution in [1.82, 2.24) is 0 Å². The molecule has 0 aliphatic heterocycles. The van der Waals surface area contributed by atoms with Gasteiger partial charge < -0.3 is 4.74 Å². The Balaban J connectivity index is 2.35. The third-order valence-electron chi connectivity index (χ3n) is 1.26. The van der Waals surface area contributed by atoms with Gasteiger partial charge in [-0.3, -0.25) is 0 Å². The predicted molar refractivity (Wildman–Crippen MR) is 45.4 cm³/mol. The Hall–Kier alpha value is -1.42. The molecule has 11 heavy (non-hydrogen) atoms. The summed E-state index contributed by atoms with van der Waals surface area (Å²) in [5, 5.41) is 0. The standard InChI is InChI=1S/C10H10O/c1-2-3-9-11-10-7-5-4-6-8-10/h1,4-8H,3,9H2. The van der Waals surface area contributed by atoms with Crippen molar-refractivity contribution in [3.05, 3.63) is 30.3 Å². The fourth-order valence-corrected chi connectivity index (χ4v) is 0.745. The molecule has 0 amide bonds. The summed E-state index contributed by atoms with van der Waals surface area (Å²) in [5.41, 5.74) is 0. The van der Waals surface area contributed by atoms with Crippen LogP contribution in [0.4, 0.5) is 0 Å². The highest BCUT2D eigenvalue weighted by Gasteiger charge is 1.87. The second kappa shape index (κ2) is 4.40. The highest BCUT2D eigenvalue weighted by atomic mass is 16.5. The van der Waals surface area contributed by atoms with E-state index in [-0.39, 0.29) is 0 Å². The summed E-state index contributed by atoms with van der Waals surface area (Å²) < 4.78 is 5.30. The monoisotopic (exact) mass is 146 g/mol. The summed E-state index contributed by atoms with van der Waals surface area (Å²) in [4.78, 5) is 0. The smallest absolute Gasteiger partial charge is 0.119 e. The third-order valence-corrected chi connectivity index (χ3v) is 1.26. The van der Waals surface area contributed by atoms with Gasteiger partial charge in [-0.25, -0.2) is 0 Å². The zero-order chi connectivity index (χ0) is 7.94. The number of benzene rings is 1. The van der Waals surface area contributed by atoms with Gasteiger partial charge in [-0.15, -0.1) is 12.3 Å². The fourth-order valence-electron chi connectivity index (χ4n) is 0.745. The summed E-state index contributed by atoms with van der Waals surface area (Å²) in [6, 6.07) is 9.65. The van der Waals surface area contributed by atoms with Gasteiger partial charge in [0, 0.05) is 6.42 Å². The molecule has 1 rings (SSSR count). The Morgan fingerprint density at radius 1 is 1.27 bits per heavy atom. The molecule has 0 saturated carbocycles. The molecule has 0 fully saturated rings. The van der Waals surface area contributed by atoms with Gasteiger partial charge >= 0.3 is 0 Å². The molecule has 1 nitrogen and oxygen atoms in total. The van der Waals surface area contributed by atoms with Crippen LogP contribution >= 0.6 is 0 Å². The molecule has 0 aliphatic carbocycles. The van der Waals surface area contributed by atoms with Gasteiger partial charge in [0.05, 0.1) is 6.61 Å². The Morgan fingerprint density at radius 3 is 2.64 bits per heavy atom. The number of ether oxygens (including phenoxy) is 1. The lowest BCUT2D eigenvalue weighted by Crippen LogP contribution is -1.94. The van der Waals surface area contributed by atoms with E-state index in [0.29, 0.717) is 13.0 Å². The van der Waals surface area contributed by atoms with Gasteiger partial charge in [0.25, 0.3) is 0 Å². The minimum absolute atomic E-state index is 0.598. The third kappa shape index (κ3) is 2.77. The van der Waals surface area contributed by atoms with Crippen molar-refractivity contribution in [3.63, 3.8) is 0 Å². The van der Waals surface area contributed by atoms with Crippen LogP contribution in [-0.2, 0) is 0 Å². The van der Waals surface area contributed by atoms with E-state index in [2.05, 4.69) is 5.92 Å². The number of hydrogen-bond acceptors (Lipinski definition) is 1. The van der Waals surface area contributed by atoms with Crippen molar-refractivity contribution in [2.24, 2.45) is 0 Å². The average molecular weight is 146 g/mol. The van der Waals surface area contributed by atoms with Crippen LogP contribution in [0.15, 0.2) is 30.3 Å². The van der Waals surface area contributed by atoms with E-state index in [1.165, 1.54) is 0 Å². The quantitative estimate of drug-likeness (QED) is 0.468. The van der Waals surface area contributed by atoms with Crippen LogP contribution in [0, 0.1) is 12.3 Å². The molecule has 0 atom stereocenters. The van der Waals surface area contributed by atoms with Crippen LogP contribution in [0.1, 0.15) is 6.42 Å². The first-order chi connectivity index (χ1) is 5.43. The van der Waals surface area contributed by atoms with Crippen LogP contribution in [-0.4, -0.2) is 6.61 Å². The first-order valence-corrected chi connectivity index (χ1v) is 3.55. The zero-order valence-electron chi connectivity index (χ0n) is 6.29. The number of rotatable bonds is 3. The summed E-state index contributed by atoms with van der Waals surface area (Å²) in [5.74, 6) is 3.39. The lowest BCUT2D eigenvalue weighted by molar-refractivity contribution is 0.327. The predicted octanol–water partition coefficient (Wildman–Crippen LogP) is 2.09. The Morgan fingerprint density at radius 2 is 2.00 bits per heavy atom. The maximum Gasteiger partial charge on any atom is 0.119 e. The topological polar surface area (TPSA) is 9.23 Å². The SMILES string of the molecule is C#CCCOc1ccccc1. The van der Waals surface area contributed by atoms with Gasteiger partial charge in [-0.05, 0) is 12.1 Å². The van der Waals surface area contributed by atoms with Crippen molar-refractivity contribution >= 4 is 0 Å². The molecule has 0 unspecified atom stereocenters. The normalized spacial score (nSPS) is 8.64. The summed E-state index contributed by atoms with van der Waals surface area (Å²) in [6.07, 6.45) is 5.72. The minimum atomic E-state index is 0.598.